The molecule has 1 aromatic heterocycles. The summed E-state index contributed by atoms with van der Waals surface area (Å²) in [6.45, 7) is 5.09. The summed E-state index contributed by atoms with van der Waals surface area (Å²) < 4.78 is 11.1. The van der Waals surface area contributed by atoms with Gasteiger partial charge in [0.25, 0.3) is 0 Å². The van der Waals surface area contributed by atoms with Crippen molar-refractivity contribution in [3.8, 4) is 11.5 Å². The van der Waals surface area contributed by atoms with E-state index in [9.17, 15) is 0 Å². The zero-order valence-electron chi connectivity index (χ0n) is 11.5. The topological polar surface area (TPSA) is 43.4 Å². The molecule has 0 unspecified atom stereocenters. The monoisotopic (exact) mass is 292 g/mol. The molecular formula is C15H17ClN2O2. The van der Waals surface area contributed by atoms with Crippen LogP contribution in [0.4, 0.5) is 11.5 Å². The summed E-state index contributed by atoms with van der Waals surface area (Å²) in [7, 11) is 0. The Morgan fingerprint density at radius 2 is 1.90 bits per heavy atom. The first kappa shape index (κ1) is 14.5. The van der Waals surface area contributed by atoms with Crippen molar-refractivity contribution in [1.82, 2.24) is 4.98 Å². The second kappa shape index (κ2) is 7.01. The highest BCUT2D eigenvalue weighted by atomic mass is 35.5. The minimum Gasteiger partial charge on any atom is -0.494 e. The Bertz CT molecular complexity index is 576. The van der Waals surface area contributed by atoms with Crippen LogP contribution in [0.5, 0.6) is 11.5 Å². The lowest BCUT2D eigenvalue weighted by Gasteiger charge is -2.14. The van der Waals surface area contributed by atoms with E-state index in [0.717, 1.165) is 17.2 Å². The van der Waals surface area contributed by atoms with Gasteiger partial charge in [-0.25, -0.2) is 4.98 Å². The van der Waals surface area contributed by atoms with Crippen LogP contribution in [0.15, 0.2) is 36.4 Å². The predicted octanol–water partition coefficient (Wildman–Crippen LogP) is 4.28. The fraction of sp³-hybridized carbons (Fsp3) is 0.267. The van der Waals surface area contributed by atoms with Gasteiger partial charge >= 0.3 is 0 Å². The van der Waals surface area contributed by atoms with E-state index in [4.69, 9.17) is 21.1 Å². The van der Waals surface area contributed by atoms with Crippen LogP contribution >= 0.6 is 11.6 Å². The van der Waals surface area contributed by atoms with Crippen LogP contribution in [0.1, 0.15) is 13.8 Å². The first-order valence-corrected chi connectivity index (χ1v) is 6.90. The van der Waals surface area contributed by atoms with Crippen molar-refractivity contribution >= 4 is 23.1 Å². The molecule has 106 valence electrons. The van der Waals surface area contributed by atoms with Crippen molar-refractivity contribution in [3.63, 3.8) is 0 Å². The molecule has 1 heterocycles. The van der Waals surface area contributed by atoms with Crippen molar-refractivity contribution in [2.24, 2.45) is 0 Å². The highest BCUT2D eigenvalue weighted by Gasteiger charge is 2.07. The molecule has 0 radical (unpaired) electrons. The van der Waals surface area contributed by atoms with E-state index in [1.807, 2.05) is 44.2 Å². The Balaban J connectivity index is 2.29. The van der Waals surface area contributed by atoms with Crippen LogP contribution in [0.3, 0.4) is 0 Å². The van der Waals surface area contributed by atoms with Crippen molar-refractivity contribution in [1.29, 1.82) is 0 Å². The molecule has 0 fully saturated rings. The number of pyridine rings is 1. The van der Waals surface area contributed by atoms with Crippen LogP contribution in [0.2, 0.25) is 5.15 Å². The summed E-state index contributed by atoms with van der Waals surface area (Å²) in [6.07, 6.45) is 0. The lowest BCUT2D eigenvalue weighted by Crippen LogP contribution is -2.00. The SMILES string of the molecule is CCOc1ccc(OCC)c(Nc2cccc(Cl)n2)c1. The predicted molar refractivity (Wildman–Crippen MR) is 81.3 cm³/mol. The van der Waals surface area contributed by atoms with E-state index in [1.54, 1.807) is 6.07 Å². The van der Waals surface area contributed by atoms with Crippen LogP contribution in [0, 0.1) is 0 Å². The maximum Gasteiger partial charge on any atom is 0.143 e. The van der Waals surface area contributed by atoms with Gasteiger partial charge in [0.1, 0.15) is 22.5 Å². The maximum absolute atomic E-state index is 5.89. The number of nitrogens with zero attached hydrogens (tertiary/aromatic N) is 1. The van der Waals surface area contributed by atoms with Crippen LogP contribution in [0.25, 0.3) is 0 Å². The Morgan fingerprint density at radius 3 is 2.60 bits per heavy atom. The summed E-state index contributed by atoms with van der Waals surface area (Å²) in [6, 6.07) is 11.1. The maximum atomic E-state index is 5.89. The number of benzene rings is 1. The number of anilines is 2. The third kappa shape index (κ3) is 3.78. The third-order valence-corrected chi connectivity index (χ3v) is 2.75. The molecule has 4 nitrogen and oxygen atoms in total. The second-order valence-electron chi connectivity index (χ2n) is 3.99. The van der Waals surface area contributed by atoms with Crippen molar-refractivity contribution in [2.45, 2.75) is 13.8 Å². The van der Waals surface area contributed by atoms with Gasteiger partial charge in [0.2, 0.25) is 0 Å². The van der Waals surface area contributed by atoms with E-state index >= 15 is 0 Å². The van der Waals surface area contributed by atoms with Crippen molar-refractivity contribution in [3.05, 3.63) is 41.6 Å². The fourth-order valence-corrected chi connectivity index (χ4v) is 1.92. The standard InChI is InChI=1S/C15H17ClN2O2/c1-3-19-11-8-9-13(20-4-2)12(10-11)17-15-7-5-6-14(16)18-15/h5-10H,3-4H2,1-2H3,(H,17,18). The molecule has 5 heteroatoms. The summed E-state index contributed by atoms with van der Waals surface area (Å²) >= 11 is 5.89. The molecule has 0 atom stereocenters. The Hall–Kier alpha value is -1.94. The number of rotatable bonds is 6. The molecular weight excluding hydrogens is 276 g/mol. The number of ether oxygens (including phenoxy) is 2. The van der Waals surface area contributed by atoms with Gasteiger partial charge in [0.05, 0.1) is 18.9 Å². The average Bonchev–Trinajstić information content (AvgIpc) is 2.42. The highest BCUT2D eigenvalue weighted by molar-refractivity contribution is 6.29. The van der Waals surface area contributed by atoms with Gasteiger partial charge in [-0.2, -0.15) is 0 Å². The van der Waals surface area contributed by atoms with Crippen LogP contribution < -0.4 is 14.8 Å². The largest absolute Gasteiger partial charge is 0.494 e. The molecule has 0 spiro atoms. The molecule has 1 N–H and O–H groups in total. The molecule has 20 heavy (non-hydrogen) atoms. The fourth-order valence-electron chi connectivity index (χ4n) is 1.76. The number of hydrogen-bond acceptors (Lipinski definition) is 4. The molecule has 0 amide bonds. The molecule has 0 bridgehead atoms. The zero-order chi connectivity index (χ0) is 14.4. The Kier molecular flexibility index (Phi) is 5.07. The number of halogens is 1. The van der Waals surface area contributed by atoms with Gasteiger partial charge in [-0.15, -0.1) is 0 Å². The van der Waals surface area contributed by atoms with Gasteiger partial charge in [0, 0.05) is 6.07 Å². The Labute approximate surface area is 123 Å². The van der Waals surface area contributed by atoms with E-state index in [2.05, 4.69) is 10.3 Å². The normalized spacial score (nSPS) is 10.2. The number of hydrogen-bond donors (Lipinski definition) is 1. The summed E-state index contributed by atoms with van der Waals surface area (Å²) in [5.74, 6) is 2.19. The van der Waals surface area contributed by atoms with Crippen molar-refractivity contribution < 1.29 is 9.47 Å². The molecule has 0 aliphatic heterocycles. The Morgan fingerprint density at radius 1 is 1.10 bits per heavy atom. The molecule has 1 aromatic carbocycles. The quantitative estimate of drug-likeness (QED) is 0.807. The lowest BCUT2D eigenvalue weighted by molar-refractivity contribution is 0.332. The summed E-state index contributed by atoms with van der Waals surface area (Å²) in [5, 5.41) is 3.64. The number of aromatic nitrogens is 1. The van der Waals surface area contributed by atoms with Crippen molar-refractivity contribution in [2.75, 3.05) is 18.5 Å². The molecule has 0 aliphatic carbocycles. The first-order chi connectivity index (χ1) is 9.72. The summed E-state index contributed by atoms with van der Waals surface area (Å²) in [4.78, 5) is 4.20. The third-order valence-electron chi connectivity index (χ3n) is 2.54. The zero-order valence-corrected chi connectivity index (χ0v) is 12.3. The molecule has 2 aromatic rings. The lowest BCUT2D eigenvalue weighted by atomic mass is 10.2. The van der Waals surface area contributed by atoms with Gasteiger partial charge in [-0.05, 0) is 38.1 Å². The minimum atomic E-state index is 0.439. The van der Waals surface area contributed by atoms with Crippen LogP contribution in [-0.2, 0) is 0 Å². The van der Waals surface area contributed by atoms with E-state index in [1.165, 1.54) is 0 Å². The molecule has 2 rings (SSSR count). The molecule has 0 saturated heterocycles. The van der Waals surface area contributed by atoms with Gasteiger partial charge < -0.3 is 14.8 Å². The van der Waals surface area contributed by atoms with E-state index in [-0.39, 0.29) is 0 Å². The minimum absolute atomic E-state index is 0.439. The van der Waals surface area contributed by atoms with Gasteiger partial charge in [-0.3, -0.25) is 0 Å². The highest BCUT2D eigenvalue weighted by Crippen LogP contribution is 2.31. The average molecular weight is 293 g/mol. The smallest absolute Gasteiger partial charge is 0.143 e. The second-order valence-corrected chi connectivity index (χ2v) is 4.38. The number of nitrogens with one attached hydrogen (secondary N) is 1. The van der Waals surface area contributed by atoms with Crippen LogP contribution in [-0.4, -0.2) is 18.2 Å². The summed E-state index contributed by atoms with van der Waals surface area (Å²) in [5.41, 5.74) is 0.799. The van der Waals surface area contributed by atoms with Gasteiger partial charge in [0.15, 0.2) is 0 Å². The van der Waals surface area contributed by atoms with E-state index < -0.39 is 0 Å². The first-order valence-electron chi connectivity index (χ1n) is 6.52. The molecule has 0 saturated carbocycles. The molecule has 0 aliphatic rings. The van der Waals surface area contributed by atoms with Gasteiger partial charge in [-0.1, -0.05) is 17.7 Å². The van der Waals surface area contributed by atoms with E-state index in [0.29, 0.717) is 24.2 Å².